The molecule has 1 saturated heterocycles. The zero-order valence-electron chi connectivity index (χ0n) is 15.2. The number of benzene rings is 3. The van der Waals surface area contributed by atoms with E-state index in [1.165, 1.54) is 0 Å². The minimum Gasteiger partial charge on any atom is -0.324 e. The van der Waals surface area contributed by atoms with E-state index in [2.05, 4.69) is 5.32 Å². The van der Waals surface area contributed by atoms with Crippen molar-refractivity contribution in [1.82, 2.24) is 0 Å². The molecule has 3 aromatic rings. The first-order chi connectivity index (χ1) is 13.2. The molecule has 0 aliphatic carbocycles. The number of rotatable bonds is 4. The highest BCUT2D eigenvalue weighted by molar-refractivity contribution is 5.97. The number of carbonyl (C=O) groups excluding carboxylic acids is 1. The molecule has 0 saturated carbocycles. The zero-order valence-corrected chi connectivity index (χ0v) is 15.2. The molecule has 27 heavy (non-hydrogen) atoms. The van der Waals surface area contributed by atoms with Crippen molar-refractivity contribution in [2.45, 2.75) is 25.5 Å². The van der Waals surface area contributed by atoms with Gasteiger partial charge in [0.15, 0.2) is 0 Å². The Bertz CT molecular complexity index is 912. The third-order valence-corrected chi connectivity index (χ3v) is 4.85. The quantitative estimate of drug-likeness (QED) is 0.722. The van der Waals surface area contributed by atoms with Gasteiger partial charge in [-0.05, 0) is 36.2 Å². The van der Waals surface area contributed by atoms with Crippen LogP contribution >= 0.6 is 0 Å². The molecule has 4 rings (SSSR count). The van der Waals surface area contributed by atoms with E-state index in [4.69, 9.17) is 4.84 Å². The van der Waals surface area contributed by atoms with Crippen molar-refractivity contribution in [2.75, 3.05) is 10.4 Å². The molecule has 2 atom stereocenters. The maximum absolute atomic E-state index is 13.1. The van der Waals surface area contributed by atoms with Crippen molar-refractivity contribution >= 4 is 17.3 Å². The Hall–Kier alpha value is -3.11. The molecule has 136 valence electrons. The summed E-state index contributed by atoms with van der Waals surface area (Å²) >= 11 is 0. The van der Waals surface area contributed by atoms with Crippen LogP contribution in [-0.4, -0.2) is 11.9 Å². The summed E-state index contributed by atoms with van der Waals surface area (Å²) in [6.07, 6.45) is 0.440. The Labute approximate surface area is 159 Å². The van der Waals surface area contributed by atoms with Crippen LogP contribution in [0.4, 0.5) is 11.4 Å². The van der Waals surface area contributed by atoms with E-state index in [9.17, 15) is 4.79 Å². The number of nitrogens with one attached hydrogen (secondary N) is 1. The fourth-order valence-electron chi connectivity index (χ4n) is 3.38. The molecule has 0 radical (unpaired) electrons. The van der Waals surface area contributed by atoms with Crippen LogP contribution in [0, 0.1) is 6.92 Å². The summed E-state index contributed by atoms with van der Waals surface area (Å²) < 4.78 is 0. The van der Waals surface area contributed by atoms with E-state index >= 15 is 0 Å². The van der Waals surface area contributed by atoms with E-state index in [1.807, 2.05) is 91.9 Å². The second kappa shape index (κ2) is 7.64. The van der Waals surface area contributed by atoms with Crippen LogP contribution in [0.3, 0.4) is 0 Å². The standard InChI is InChI=1S/C23H22N2O2/c1-17-10-8-9-15-20(17)24-23(26)21-16-22(18-11-4-2-5-12-18)27-25(21)19-13-6-3-7-14-19/h2-15,21-22H,16H2,1H3,(H,24,26). The van der Waals surface area contributed by atoms with Gasteiger partial charge in [-0.15, -0.1) is 0 Å². The Morgan fingerprint density at radius 3 is 2.26 bits per heavy atom. The van der Waals surface area contributed by atoms with Crippen molar-refractivity contribution in [3.63, 3.8) is 0 Å². The summed E-state index contributed by atoms with van der Waals surface area (Å²) in [5.41, 5.74) is 3.82. The number of nitrogens with zero attached hydrogens (tertiary/aromatic N) is 1. The number of carbonyl (C=O) groups is 1. The van der Waals surface area contributed by atoms with E-state index in [0.717, 1.165) is 22.5 Å². The molecule has 1 amide bonds. The lowest BCUT2D eigenvalue weighted by Crippen LogP contribution is -2.39. The summed E-state index contributed by atoms with van der Waals surface area (Å²) in [6, 6.07) is 27.2. The minimum atomic E-state index is -0.405. The van der Waals surface area contributed by atoms with Crippen molar-refractivity contribution in [3.05, 3.63) is 96.1 Å². The summed E-state index contributed by atoms with van der Waals surface area (Å²) in [5, 5.41) is 4.80. The normalized spacial score (nSPS) is 19.1. The molecule has 1 aliphatic heterocycles. The van der Waals surface area contributed by atoms with Gasteiger partial charge in [0.05, 0.1) is 5.69 Å². The number of hydrogen-bond acceptors (Lipinski definition) is 3. The number of amides is 1. The van der Waals surface area contributed by atoms with Gasteiger partial charge < -0.3 is 5.32 Å². The molecule has 3 aromatic carbocycles. The molecular formula is C23H22N2O2. The minimum absolute atomic E-state index is 0.0633. The van der Waals surface area contributed by atoms with Gasteiger partial charge in [-0.25, -0.2) is 5.06 Å². The fourth-order valence-corrected chi connectivity index (χ4v) is 3.38. The average molecular weight is 358 g/mol. The first-order valence-corrected chi connectivity index (χ1v) is 9.15. The molecule has 2 unspecified atom stereocenters. The monoisotopic (exact) mass is 358 g/mol. The molecule has 1 heterocycles. The maximum atomic E-state index is 13.1. The van der Waals surface area contributed by atoms with Gasteiger partial charge in [-0.2, -0.15) is 0 Å². The molecule has 0 aromatic heterocycles. The second-order valence-electron chi connectivity index (χ2n) is 6.72. The van der Waals surface area contributed by atoms with Crippen molar-refractivity contribution < 1.29 is 9.63 Å². The first kappa shape index (κ1) is 17.3. The highest BCUT2D eigenvalue weighted by Gasteiger charge is 2.39. The summed E-state index contributed by atoms with van der Waals surface area (Å²) in [4.78, 5) is 19.3. The molecule has 1 N–H and O–H groups in total. The molecule has 0 bridgehead atoms. The highest BCUT2D eigenvalue weighted by atomic mass is 16.7. The Morgan fingerprint density at radius 2 is 1.56 bits per heavy atom. The molecule has 0 spiro atoms. The predicted octanol–water partition coefficient (Wildman–Crippen LogP) is 4.89. The molecular weight excluding hydrogens is 336 g/mol. The van der Waals surface area contributed by atoms with E-state index in [0.29, 0.717) is 6.42 Å². The number of hydrogen-bond donors (Lipinski definition) is 1. The van der Waals surface area contributed by atoms with Gasteiger partial charge in [-0.3, -0.25) is 9.63 Å². The summed E-state index contributed by atoms with van der Waals surface area (Å²) in [7, 11) is 0. The van der Waals surface area contributed by atoms with Gasteiger partial charge in [0.2, 0.25) is 5.91 Å². The van der Waals surface area contributed by atoms with Crippen LogP contribution in [0.15, 0.2) is 84.9 Å². The smallest absolute Gasteiger partial charge is 0.249 e. The van der Waals surface area contributed by atoms with E-state index < -0.39 is 6.04 Å². The average Bonchev–Trinajstić information content (AvgIpc) is 3.17. The SMILES string of the molecule is Cc1ccccc1NC(=O)C1CC(c2ccccc2)ON1c1ccccc1. The molecule has 4 heteroatoms. The maximum Gasteiger partial charge on any atom is 0.249 e. The van der Waals surface area contributed by atoms with Crippen LogP contribution in [0.2, 0.25) is 0 Å². The number of hydroxylamine groups is 1. The van der Waals surface area contributed by atoms with Crippen LogP contribution < -0.4 is 10.4 Å². The highest BCUT2D eigenvalue weighted by Crippen LogP contribution is 2.37. The number of para-hydroxylation sites is 2. The van der Waals surface area contributed by atoms with E-state index in [-0.39, 0.29) is 12.0 Å². The lowest BCUT2D eigenvalue weighted by Gasteiger charge is -2.24. The van der Waals surface area contributed by atoms with Gasteiger partial charge in [-0.1, -0.05) is 66.7 Å². The van der Waals surface area contributed by atoms with E-state index in [1.54, 1.807) is 5.06 Å². The van der Waals surface area contributed by atoms with Gasteiger partial charge in [0, 0.05) is 12.1 Å². The Morgan fingerprint density at radius 1 is 0.926 bits per heavy atom. The lowest BCUT2D eigenvalue weighted by atomic mass is 10.0. The largest absolute Gasteiger partial charge is 0.324 e. The summed E-state index contributed by atoms with van der Waals surface area (Å²) in [6.45, 7) is 1.99. The molecule has 4 nitrogen and oxygen atoms in total. The van der Waals surface area contributed by atoms with Gasteiger partial charge in [0.25, 0.3) is 0 Å². The van der Waals surface area contributed by atoms with Crippen molar-refractivity contribution in [2.24, 2.45) is 0 Å². The third kappa shape index (κ3) is 3.71. The summed E-state index contributed by atoms with van der Waals surface area (Å²) in [5.74, 6) is -0.0633. The van der Waals surface area contributed by atoms with Crippen LogP contribution in [-0.2, 0) is 9.63 Å². The van der Waals surface area contributed by atoms with Gasteiger partial charge >= 0.3 is 0 Å². The van der Waals surface area contributed by atoms with Crippen LogP contribution in [0.25, 0.3) is 0 Å². The van der Waals surface area contributed by atoms with Crippen molar-refractivity contribution in [3.8, 4) is 0 Å². The zero-order chi connectivity index (χ0) is 18.6. The molecule has 1 fully saturated rings. The first-order valence-electron chi connectivity index (χ1n) is 9.15. The number of anilines is 2. The Kier molecular flexibility index (Phi) is 4.90. The number of aryl methyl sites for hydroxylation is 1. The molecule has 1 aliphatic rings. The van der Waals surface area contributed by atoms with Crippen LogP contribution in [0.5, 0.6) is 0 Å². The predicted molar refractivity (Wildman–Crippen MR) is 107 cm³/mol. The second-order valence-corrected chi connectivity index (χ2v) is 6.72. The van der Waals surface area contributed by atoms with Crippen LogP contribution in [0.1, 0.15) is 23.7 Å². The van der Waals surface area contributed by atoms with Crippen molar-refractivity contribution in [1.29, 1.82) is 0 Å². The lowest BCUT2D eigenvalue weighted by molar-refractivity contribution is -0.117. The third-order valence-electron chi connectivity index (χ3n) is 4.85. The topological polar surface area (TPSA) is 41.6 Å². The van der Waals surface area contributed by atoms with Gasteiger partial charge in [0.1, 0.15) is 12.1 Å². The fraction of sp³-hybridized carbons (Fsp3) is 0.174. The Balaban J connectivity index is 1.61.